The molecule has 0 atom stereocenters. The van der Waals surface area contributed by atoms with Crippen LogP contribution in [0.25, 0.3) is 0 Å². The van der Waals surface area contributed by atoms with Gasteiger partial charge >= 0.3 is 6.03 Å². The Morgan fingerprint density at radius 1 is 1.24 bits per heavy atom. The molecule has 0 aromatic carbocycles. The summed E-state index contributed by atoms with van der Waals surface area (Å²) in [5.41, 5.74) is -0.142. The Hall–Kier alpha value is -0.810. The van der Waals surface area contributed by atoms with Gasteiger partial charge in [-0.15, -0.1) is 0 Å². The molecule has 0 bridgehead atoms. The number of nitrogens with zero attached hydrogens (tertiary/aromatic N) is 2. The molecule has 0 unspecified atom stereocenters. The number of hydrogen-bond acceptors (Lipinski definition) is 3. The van der Waals surface area contributed by atoms with Gasteiger partial charge in [0.05, 0.1) is 0 Å². The Bertz CT molecular complexity index is 275. The summed E-state index contributed by atoms with van der Waals surface area (Å²) in [5, 5.41) is 6.35. The van der Waals surface area contributed by atoms with E-state index in [-0.39, 0.29) is 11.6 Å². The maximum atomic E-state index is 11.9. The Balaban J connectivity index is 1.72. The minimum absolute atomic E-state index is 0.0730. The van der Waals surface area contributed by atoms with Crippen molar-refractivity contribution in [2.45, 2.75) is 32.4 Å². The lowest BCUT2D eigenvalue weighted by atomic mass is 10.1. The number of nitrogens with one attached hydrogen (secondary N) is 2. The van der Waals surface area contributed by atoms with E-state index in [2.05, 4.69) is 15.5 Å². The van der Waals surface area contributed by atoms with Crippen LogP contribution < -0.4 is 10.6 Å². The van der Waals surface area contributed by atoms with Gasteiger partial charge in [0.15, 0.2) is 0 Å². The lowest BCUT2D eigenvalue weighted by molar-refractivity contribution is 0.0473. The first-order chi connectivity index (χ1) is 7.96. The predicted molar refractivity (Wildman–Crippen MR) is 68.1 cm³/mol. The molecule has 2 amide bonds. The molecule has 2 heterocycles. The van der Waals surface area contributed by atoms with Crippen molar-refractivity contribution in [3.8, 4) is 0 Å². The number of hydrogen-bond donors (Lipinski definition) is 2. The van der Waals surface area contributed by atoms with Crippen molar-refractivity contribution in [3.63, 3.8) is 0 Å². The van der Waals surface area contributed by atoms with Crippen LogP contribution in [0.2, 0.25) is 0 Å². The van der Waals surface area contributed by atoms with Gasteiger partial charge < -0.3 is 15.5 Å². The summed E-state index contributed by atoms with van der Waals surface area (Å²) in [7, 11) is 0. The highest BCUT2D eigenvalue weighted by Gasteiger charge is 2.35. The number of carbonyl (C=O) groups excluding carboxylic acids is 1. The van der Waals surface area contributed by atoms with Gasteiger partial charge in [-0.3, -0.25) is 4.90 Å². The number of likely N-dealkylation sites (tertiary alicyclic amines) is 1. The van der Waals surface area contributed by atoms with Crippen molar-refractivity contribution < 1.29 is 4.79 Å². The molecular weight excluding hydrogens is 216 g/mol. The zero-order valence-corrected chi connectivity index (χ0v) is 11.1. The largest absolute Gasteiger partial charge is 0.333 e. The minimum Gasteiger partial charge on any atom is -0.333 e. The average molecular weight is 240 g/mol. The van der Waals surface area contributed by atoms with Crippen LogP contribution in [0.5, 0.6) is 0 Å². The fraction of sp³-hybridized carbons (Fsp3) is 0.917. The molecule has 98 valence electrons. The summed E-state index contributed by atoms with van der Waals surface area (Å²) < 4.78 is 0. The standard InChI is InChI=1S/C12H24N4O/c1-12(2,3)14-11(17)16-8-10(9-16)15-6-4-13-5-7-15/h10,13H,4-9H2,1-3H3,(H,14,17). The molecule has 2 saturated heterocycles. The second kappa shape index (κ2) is 4.82. The van der Waals surface area contributed by atoms with E-state index in [0.29, 0.717) is 6.04 Å². The summed E-state index contributed by atoms with van der Waals surface area (Å²) in [6.07, 6.45) is 0. The fourth-order valence-electron chi connectivity index (χ4n) is 2.30. The molecule has 2 rings (SSSR count). The first kappa shape index (κ1) is 12.6. The number of amides is 2. The maximum absolute atomic E-state index is 11.9. The average Bonchev–Trinajstić information content (AvgIpc) is 2.14. The van der Waals surface area contributed by atoms with E-state index in [9.17, 15) is 4.79 Å². The Morgan fingerprint density at radius 2 is 1.82 bits per heavy atom. The van der Waals surface area contributed by atoms with Crippen LogP contribution in [0.3, 0.4) is 0 Å². The zero-order valence-electron chi connectivity index (χ0n) is 11.1. The maximum Gasteiger partial charge on any atom is 0.317 e. The molecule has 0 aromatic heterocycles. The number of carbonyl (C=O) groups is 1. The van der Waals surface area contributed by atoms with Crippen molar-refractivity contribution in [2.75, 3.05) is 39.3 Å². The van der Waals surface area contributed by atoms with E-state index in [1.54, 1.807) is 0 Å². The molecule has 0 spiro atoms. The molecule has 5 heteroatoms. The van der Waals surface area contributed by atoms with Gasteiger partial charge in [-0.05, 0) is 20.8 Å². The van der Waals surface area contributed by atoms with Gasteiger partial charge in [-0.1, -0.05) is 0 Å². The highest BCUT2D eigenvalue weighted by atomic mass is 16.2. The van der Waals surface area contributed by atoms with Crippen LogP contribution in [0.4, 0.5) is 4.79 Å². The fourth-order valence-corrected chi connectivity index (χ4v) is 2.30. The highest BCUT2D eigenvalue weighted by Crippen LogP contribution is 2.16. The van der Waals surface area contributed by atoms with Crippen molar-refractivity contribution in [3.05, 3.63) is 0 Å². The van der Waals surface area contributed by atoms with Crippen molar-refractivity contribution in [1.82, 2.24) is 20.4 Å². The molecule has 2 fully saturated rings. The van der Waals surface area contributed by atoms with Crippen LogP contribution >= 0.6 is 0 Å². The third-order valence-corrected chi connectivity index (χ3v) is 3.30. The van der Waals surface area contributed by atoms with Crippen LogP contribution in [0.1, 0.15) is 20.8 Å². The monoisotopic (exact) mass is 240 g/mol. The second-order valence-corrected chi connectivity index (χ2v) is 6.02. The molecule has 2 N–H and O–H groups in total. The smallest absolute Gasteiger partial charge is 0.317 e. The number of piperazine rings is 1. The van der Waals surface area contributed by atoms with Gasteiger partial charge in [-0.25, -0.2) is 4.79 Å². The Kier molecular flexibility index (Phi) is 3.58. The summed E-state index contributed by atoms with van der Waals surface area (Å²) in [6.45, 7) is 12.2. The van der Waals surface area contributed by atoms with Crippen molar-refractivity contribution in [1.29, 1.82) is 0 Å². The topological polar surface area (TPSA) is 47.6 Å². The predicted octanol–water partition coefficient (Wildman–Crippen LogP) is 0.0839. The highest BCUT2D eigenvalue weighted by molar-refractivity contribution is 5.76. The van der Waals surface area contributed by atoms with E-state index >= 15 is 0 Å². The number of urea groups is 1. The molecule has 0 radical (unpaired) electrons. The van der Waals surface area contributed by atoms with Crippen LogP contribution in [0, 0.1) is 0 Å². The molecule has 2 aliphatic heterocycles. The third kappa shape index (κ3) is 3.33. The summed E-state index contributed by atoms with van der Waals surface area (Å²) in [6, 6.07) is 0.645. The van der Waals surface area contributed by atoms with E-state index < -0.39 is 0 Å². The van der Waals surface area contributed by atoms with Crippen molar-refractivity contribution in [2.24, 2.45) is 0 Å². The normalized spacial score (nSPS) is 23.4. The van der Waals surface area contributed by atoms with Crippen LogP contribution in [0.15, 0.2) is 0 Å². The summed E-state index contributed by atoms with van der Waals surface area (Å²) in [5.74, 6) is 0. The molecule has 0 aliphatic carbocycles. The molecule has 0 aromatic rings. The molecular formula is C12H24N4O. The molecule has 17 heavy (non-hydrogen) atoms. The van der Waals surface area contributed by atoms with E-state index in [4.69, 9.17) is 0 Å². The quantitative estimate of drug-likeness (QED) is 0.682. The lowest BCUT2D eigenvalue weighted by Crippen LogP contribution is -2.66. The summed E-state index contributed by atoms with van der Waals surface area (Å²) >= 11 is 0. The second-order valence-electron chi connectivity index (χ2n) is 6.02. The zero-order chi connectivity index (χ0) is 12.5. The van der Waals surface area contributed by atoms with Gasteiger partial charge in [0.1, 0.15) is 0 Å². The van der Waals surface area contributed by atoms with Gasteiger partial charge in [0.25, 0.3) is 0 Å². The van der Waals surface area contributed by atoms with Gasteiger partial charge in [0.2, 0.25) is 0 Å². The molecule has 0 saturated carbocycles. The van der Waals surface area contributed by atoms with Crippen molar-refractivity contribution >= 4 is 6.03 Å². The van der Waals surface area contributed by atoms with Crippen LogP contribution in [-0.4, -0.2) is 66.7 Å². The Morgan fingerprint density at radius 3 is 2.35 bits per heavy atom. The SMILES string of the molecule is CC(C)(C)NC(=O)N1CC(N2CCNCC2)C1. The van der Waals surface area contributed by atoms with Gasteiger partial charge in [-0.2, -0.15) is 0 Å². The van der Waals surface area contributed by atoms with Gasteiger partial charge in [0, 0.05) is 50.8 Å². The van der Waals surface area contributed by atoms with E-state index in [1.807, 2.05) is 25.7 Å². The minimum atomic E-state index is -0.142. The Labute approximate surface area is 104 Å². The van der Waals surface area contributed by atoms with Crippen LogP contribution in [-0.2, 0) is 0 Å². The third-order valence-electron chi connectivity index (χ3n) is 3.30. The van der Waals surface area contributed by atoms with E-state index in [1.165, 1.54) is 0 Å². The first-order valence-corrected chi connectivity index (χ1v) is 6.47. The first-order valence-electron chi connectivity index (χ1n) is 6.47. The van der Waals surface area contributed by atoms with E-state index in [0.717, 1.165) is 39.3 Å². The lowest BCUT2D eigenvalue weighted by Gasteiger charge is -2.47. The summed E-state index contributed by atoms with van der Waals surface area (Å²) in [4.78, 5) is 16.2. The molecule has 5 nitrogen and oxygen atoms in total. The number of rotatable bonds is 1. The molecule has 2 aliphatic rings.